The van der Waals surface area contributed by atoms with Gasteiger partial charge in [0.1, 0.15) is 11.0 Å². The highest BCUT2D eigenvalue weighted by atomic mass is 32.2. The Morgan fingerprint density at radius 1 is 0.893 bits per heavy atom. The lowest BCUT2D eigenvalue weighted by atomic mass is 9.83. The third-order valence-corrected chi connectivity index (χ3v) is 6.45. The third kappa shape index (κ3) is 3.92. The van der Waals surface area contributed by atoms with Crippen molar-refractivity contribution in [3.63, 3.8) is 0 Å². The molecule has 3 nitrogen and oxygen atoms in total. The fourth-order valence-corrected chi connectivity index (χ4v) is 4.75. The lowest BCUT2D eigenvalue weighted by molar-refractivity contribution is -0.136. The molecule has 0 heterocycles. The fourth-order valence-electron chi connectivity index (χ4n) is 3.31. The van der Waals surface area contributed by atoms with E-state index in [-0.39, 0.29) is 0 Å². The number of rotatable bonds is 7. The van der Waals surface area contributed by atoms with Crippen LogP contribution in [0.2, 0.25) is 0 Å². The molecule has 144 valence electrons. The minimum absolute atomic E-state index is 0.594. The Balaban J connectivity index is 2.29. The van der Waals surface area contributed by atoms with Crippen LogP contribution in [0.4, 0.5) is 0 Å². The summed E-state index contributed by atoms with van der Waals surface area (Å²) >= 11 is 1.44. The van der Waals surface area contributed by atoms with Crippen molar-refractivity contribution in [1.29, 1.82) is 0 Å². The summed E-state index contributed by atoms with van der Waals surface area (Å²) in [4.78, 5) is 11.8. The summed E-state index contributed by atoms with van der Waals surface area (Å²) in [6.45, 7) is 3.79. The predicted octanol–water partition coefficient (Wildman–Crippen LogP) is 5.50. The topological polar surface area (TPSA) is 46.5 Å². The molecule has 0 spiro atoms. The van der Waals surface area contributed by atoms with Gasteiger partial charge in [-0.2, -0.15) is 0 Å². The Morgan fingerprint density at radius 2 is 1.39 bits per heavy atom. The molecular weight excluding hydrogens is 368 g/mol. The first-order valence-corrected chi connectivity index (χ1v) is 10.0. The first-order valence-electron chi connectivity index (χ1n) is 9.15. The van der Waals surface area contributed by atoms with Gasteiger partial charge in [0.15, 0.2) is 0 Å². The summed E-state index contributed by atoms with van der Waals surface area (Å²) in [6, 6.07) is 26.3. The molecule has 2 atom stereocenters. The van der Waals surface area contributed by atoms with Crippen LogP contribution in [0.15, 0.2) is 78.9 Å². The van der Waals surface area contributed by atoms with E-state index in [1.165, 1.54) is 11.8 Å². The smallest absolute Gasteiger partial charge is 0.316 e. The maximum atomic E-state index is 11.8. The first kappa shape index (κ1) is 20.0. The molecular formula is C24H24O3S. The van der Waals surface area contributed by atoms with Gasteiger partial charge in [-0.15, -0.1) is 11.8 Å². The lowest BCUT2D eigenvalue weighted by Crippen LogP contribution is -2.30. The second-order valence-electron chi connectivity index (χ2n) is 6.74. The molecule has 0 fully saturated rings. The van der Waals surface area contributed by atoms with Crippen LogP contribution in [-0.2, 0) is 9.54 Å². The number of carboxylic acid groups (broad SMARTS) is 1. The van der Waals surface area contributed by atoms with Gasteiger partial charge in [0.05, 0.1) is 11.9 Å². The highest BCUT2D eigenvalue weighted by Crippen LogP contribution is 2.50. The van der Waals surface area contributed by atoms with Gasteiger partial charge in [0.2, 0.25) is 0 Å². The largest absolute Gasteiger partial charge is 0.497 e. The fraction of sp³-hybridized carbons (Fsp3) is 0.208. The molecule has 28 heavy (non-hydrogen) atoms. The minimum atomic E-state index is -0.828. The molecule has 1 N–H and O–H groups in total. The quantitative estimate of drug-likeness (QED) is 0.539. The normalized spacial score (nSPS) is 14.1. The zero-order valence-electron chi connectivity index (χ0n) is 16.3. The molecule has 0 radical (unpaired) electrons. The van der Waals surface area contributed by atoms with Crippen molar-refractivity contribution in [2.45, 2.75) is 23.8 Å². The van der Waals surface area contributed by atoms with Gasteiger partial charge in [-0.05, 0) is 42.7 Å². The molecule has 0 aromatic heterocycles. The van der Waals surface area contributed by atoms with Crippen LogP contribution in [0.3, 0.4) is 0 Å². The maximum absolute atomic E-state index is 11.8. The van der Waals surface area contributed by atoms with Crippen LogP contribution >= 0.6 is 11.8 Å². The number of carboxylic acids is 1. The van der Waals surface area contributed by atoms with Crippen molar-refractivity contribution in [2.24, 2.45) is 0 Å². The molecule has 0 saturated carbocycles. The van der Waals surface area contributed by atoms with Crippen molar-refractivity contribution < 1.29 is 14.6 Å². The average molecular weight is 393 g/mol. The maximum Gasteiger partial charge on any atom is 0.316 e. The van der Waals surface area contributed by atoms with Crippen LogP contribution in [0, 0.1) is 6.92 Å². The number of methoxy groups -OCH3 is 1. The number of hydrogen-bond acceptors (Lipinski definition) is 3. The summed E-state index contributed by atoms with van der Waals surface area (Å²) in [5.41, 5.74) is 4.27. The number of hydrogen-bond donors (Lipinski definition) is 1. The van der Waals surface area contributed by atoms with Crippen LogP contribution in [-0.4, -0.2) is 23.4 Å². The summed E-state index contributed by atoms with van der Waals surface area (Å²) in [7, 11) is 1.64. The number of benzene rings is 3. The number of carbonyl (C=O) groups is 1. The van der Waals surface area contributed by atoms with E-state index in [1.54, 1.807) is 14.0 Å². The summed E-state index contributed by atoms with van der Waals surface area (Å²) in [6.07, 6.45) is 0. The van der Waals surface area contributed by atoms with E-state index in [9.17, 15) is 9.90 Å². The van der Waals surface area contributed by atoms with Crippen LogP contribution < -0.4 is 4.74 Å². The molecule has 0 saturated heterocycles. The molecule has 0 bridgehead atoms. The molecule has 3 rings (SSSR count). The monoisotopic (exact) mass is 392 g/mol. The van der Waals surface area contributed by atoms with E-state index in [4.69, 9.17) is 4.74 Å². The average Bonchev–Trinajstić information content (AvgIpc) is 2.73. The molecule has 4 heteroatoms. The van der Waals surface area contributed by atoms with E-state index >= 15 is 0 Å². The molecule has 3 aromatic carbocycles. The predicted molar refractivity (Wildman–Crippen MR) is 115 cm³/mol. The van der Waals surface area contributed by atoms with Gasteiger partial charge in [-0.25, -0.2) is 0 Å². The molecule has 0 amide bonds. The Hall–Kier alpha value is -2.72. The van der Waals surface area contributed by atoms with E-state index in [2.05, 4.69) is 36.4 Å². The minimum Gasteiger partial charge on any atom is -0.497 e. The Bertz CT molecular complexity index is 920. The van der Waals surface area contributed by atoms with Crippen LogP contribution in [0.25, 0.3) is 0 Å². The number of aliphatic carboxylic acids is 1. The summed E-state index contributed by atoms with van der Waals surface area (Å²) in [5, 5.41) is 9.08. The SMILES string of the molecule is COc1ccc(C(SC(C)C(=O)O)(c2ccccc2)c2ccc(C)cc2)cc1. The van der Waals surface area contributed by atoms with Gasteiger partial charge in [0, 0.05) is 0 Å². The van der Waals surface area contributed by atoms with Crippen molar-refractivity contribution >= 4 is 17.7 Å². The third-order valence-electron chi connectivity index (χ3n) is 4.84. The molecule has 0 aliphatic carbocycles. The number of aryl methyl sites for hydroxylation is 1. The van der Waals surface area contributed by atoms with E-state index in [0.29, 0.717) is 0 Å². The van der Waals surface area contributed by atoms with Gasteiger partial charge in [-0.1, -0.05) is 72.3 Å². The zero-order valence-corrected chi connectivity index (χ0v) is 17.1. The van der Waals surface area contributed by atoms with Gasteiger partial charge in [0.25, 0.3) is 0 Å². The van der Waals surface area contributed by atoms with Gasteiger partial charge < -0.3 is 9.84 Å². The van der Waals surface area contributed by atoms with Gasteiger partial charge >= 0.3 is 5.97 Å². The van der Waals surface area contributed by atoms with E-state index in [0.717, 1.165) is 28.0 Å². The van der Waals surface area contributed by atoms with E-state index in [1.807, 2.05) is 49.4 Å². The van der Waals surface area contributed by atoms with E-state index < -0.39 is 16.0 Å². The highest BCUT2D eigenvalue weighted by molar-refractivity contribution is 8.01. The Kier molecular flexibility index (Phi) is 6.10. The lowest BCUT2D eigenvalue weighted by Gasteiger charge is -2.36. The van der Waals surface area contributed by atoms with Crippen molar-refractivity contribution in [2.75, 3.05) is 7.11 Å². The van der Waals surface area contributed by atoms with Crippen molar-refractivity contribution in [3.05, 3.63) is 101 Å². The zero-order chi connectivity index (χ0) is 20.1. The first-order chi connectivity index (χ1) is 13.5. The molecule has 3 aromatic rings. The molecule has 0 aliphatic heterocycles. The van der Waals surface area contributed by atoms with Gasteiger partial charge in [-0.3, -0.25) is 4.79 Å². The molecule has 0 aliphatic rings. The number of thioether (sulfide) groups is 1. The summed E-state index contributed by atoms with van der Waals surface area (Å²) < 4.78 is 4.67. The summed E-state index contributed by atoms with van der Waals surface area (Å²) in [5.74, 6) is -0.0585. The standard InChI is InChI=1S/C24H24O3S/c1-17-9-11-20(12-10-17)24(28-18(2)23(25)26,19-7-5-4-6-8-19)21-13-15-22(27-3)16-14-21/h4-16,18H,1-3H3,(H,25,26). The van der Waals surface area contributed by atoms with Crippen molar-refractivity contribution in [1.82, 2.24) is 0 Å². The highest BCUT2D eigenvalue weighted by Gasteiger charge is 2.40. The Morgan fingerprint density at radius 3 is 1.89 bits per heavy atom. The van der Waals surface area contributed by atoms with Crippen molar-refractivity contribution in [3.8, 4) is 5.75 Å². The second kappa shape index (κ2) is 8.53. The van der Waals surface area contributed by atoms with Crippen LogP contribution in [0.1, 0.15) is 29.2 Å². The second-order valence-corrected chi connectivity index (χ2v) is 8.30. The Labute approximate surface area is 170 Å². The number of ether oxygens (including phenoxy) is 1. The van der Waals surface area contributed by atoms with Crippen LogP contribution in [0.5, 0.6) is 5.75 Å². The molecule has 2 unspecified atom stereocenters.